The van der Waals surface area contributed by atoms with Gasteiger partial charge in [-0.3, -0.25) is 33.9 Å². The van der Waals surface area contributed by atoms with Crippen molar-refractivity contribution in [2.24, 2.45) is 7.05 Å². The van der Waals surface area contributed by atoms with Crippen LogP contribution in [0.1, 0.15) is 100 Å². The Bertz CT molecular complexity index is 3540. The number of alkyl halides is 1. The first-order valence-corrected chi connectivity index (χ1v) is 28.1. The topological polar surface area (TPSA) is 172 Å². The number of piperidine rings is 3. The third-order valence-corrected chi connectivity index (χ3v) is 18.6. The number of nitrogens with one attached hydrogen (secondary N) is 2. The fraction of sp³-hybridized carbons (Fsp3) is 0.508. The molecule has 0 spiro atoms. The maximum atomic E-state index is 17.2. The lowest BCUT2D eigenvalue weighted by molar-refractivity contribution is -0.135. The van der Waals surface area contributed by atoms with E-state index in [1.54, 1.807) is 47.0 Å². The number of nitrogens with zero attached hydrogens (tertiary/aromatic N) is 9. The van der Waals surface area contributed by atoms with Crippen LogP contribution < -0.4 is 26.0 Å². The zero-order valence-electron chi connectivity index (χ0n) is 44.3. The van der Waals surface area contributed by atoms with Gasteiger partial charge in [-0.05, 0) is 112 Å². The lowest BCUT2D eigenvalue weighted by atomic mass is 9.87. The van der Waals surface area contributed by atoms with Crippen LogP contribution in [0, 0.1) is 24.0 Å². The number of ether oxygens (including phenoxy) is 2. The smallest absolute Gasteiger partial charge is 0.409 e. The van der Waals surface area contributed by atoms with Gasteiger partial charge in [0.25, 0.3) is 0 Å². The molecule has 2 bridgehead atoms. The highest BCUT2D eigenvalue weighted by atomic mass is 19.1. The number of benzene rings is 3. The van der Waals surface area contributed by atoms with Gasteiger partial charge in [0, 0.05) is 94.3 Å². The second kappa shape index (κ2) is 20.2. The summed E-state index contributed by atoms with van der Waals surface area (Å²) in [5.41, 5.74) is 0.828. The monoisotopic (exact) mass is 1080 g/mol. The van der Waals surface area contributed by atoms with Crippen LogP contribution >= 0.6 is 0 Å². The number of hydrogen-bond donors (Lipinski definition) is 2. The van der Waals surface area contributed by atoms with Crippen LogP contribution in [0.3, 0.4) is 0 Å². The number of carbonyl (C=O) groups is 3. The predicted molar refractivity (Wildman–Crippen MR) is 290 cm³/mol. The molecule has 79 heavy (non-hydrogen) atoms. The zero-order chi connectivity index (χ0) is 54.3. The van der Waals surface area contributed by atoms with E-state index < -0.39 is 35.3 Å². The van der Waals surface area contributed by atoms with Crippen molar-refractivity contribution in [3.05, 3.63) is 88.0 Å². The lowest BCUT2D eigenvalue weighted by Gasteiger charge is -2.41. The fourth-order valence-corrected chi connectivity index (χ4v) is 14.4. The van der Waals surface area contributed by atoms with E-state index in [2.05, 4.69) is 36.2 Å². The Morgan fingerprint density at radius 3 is 2.47 bits per heavy atom. The Kier molecular flexibility index (Phi) is 13.2. The molecule has 17 nitrogen and oxygen atoms in total. The molecule has 10 heterocycles. The number of carbonyl (C=O) groups excluding carboxylic acids is 3. The minimum atomic E-state index is -1.44. The molecule has 0 aliphatic carbocycles. The number of pyridine rings is 1. The van der Waals surface area contributed by atoms with E-state index in [4.69, 9.17) is 25.9 Å². The molecule has 6 aromatic rings. The number of aryl methyl sites for hydroxylation is 1. The molecule has 7 aliphatic heterocycles. The van der Waals surface area contributed by atoms with Gasteiger partial charge in [0.15, 0.2) is 5.82 Å². The van der Waals surface area contributed by atoms with Gasteiger partial charge in [0.1, 0.15) is 47.8 Å². The summed E-state index contributed by atoms with van der Waals surface area (Å²) in [6.45, 7) is 4.89. The van der Waals surface area contributed by atoms with Crippen molar-refractivity contribution < 1.29 is 37.0 Å². The Morgan fingerprint density at radius 1 is 0.899 bits per heavy atom. The predicted octanol–water partition coefficient (Wildman–Crippen LogP) is 6.87. The Labute approximate surface area is 454 Å². The highest BCUT2D eigenvalue weighted by molar-refractivity contribution is 6.02. The largest absolute Gasteiger partial charge is 0.461 e. The van der Waals surface area contributed by atoms with E-state index >= 15 is 13.2 Å². The second-order valence-corrected chi connectivity index (χ2v) is 23.2. The lowest BCUT2D eigenvalue weighted by Crippen LogP contribution is -2.51. The number of piperazine rings is 1. The standard InChI is InChI=1S/C59H64F3N11O6/c1-3-41-44(60)12-8-36-6-4-7-42(49(36)41)51-50(61)52-43(29-63-51)53(71-30-38-10-11-39(31-71)64-38)67-55(66-52)79-34-59-19-5-23-72(59)40(16-20-59)32-78-57(77)70-26-21-58(62,22-27-70)33-69-24-17-35(18-25-69)37-9-13-45-47(28-37)68(2)56(76)73(45)46-14-15-48(74)65-54(46)75/h1,4,6-9,12-13,28-29,35,38-40,46,64H,5,10-11,14-27,30-34H2,2H3,(H,65,74,75)/t38-,39+,40-,46?,59-/m0/s1. The quantitative estimate of drug-likeness (QED) is 0.102. The molecule has 412 valence electrons. The minimum Gasteiger partial charge on any atom is -0.461 e. The van der Waals surface area contributed by atoms with E-state index in [0.29, 0.717) is 52.7 Å². The molecule has 7 saturated heterocycles. The molecule has 0 saturated carbocycles. The first kappa shape index (κ1) is 51.4. The number of likely N-dealkylation sites (tertiary alicyclic amines) is 2. The van der Waals surface area contributed by atoms with Gasteiger partial charge in [0.05, 0.1) is 27.5 Å². The van der Waals surface area contributed by atoms with E-state index in [0.717, 1.165) is 82.1 Å². The van der Waals surface area contributed by atoms with E-state index in [1.165, 1.54) is 10.6 Å². The van der Waals surface area contributed by atoms with Gasteiger partial charge >= 0.3 is 17.8 Å². The van der Waals surface area contributed by atoms with Crippen LogP contribution in [-0.2, 0) is 21.4 Å². The Hall–Kier alpha value is -7.08. The normalized spacial score (nSPS) is 25.6. The average Bonchev–Trinajstić information content (AvgIpc) is 4.24. The summed E-state index contributed by atoms with van der Waals surface area (Å²) in [4.78, 5) is 74.1. The first-order chi connectivity index (χ1) is 38.2. The number of amides is 3. The Balaban J connectivity index is 0.632. The number of rotatable bonds is 11. The summed E-state index contributed by atoms with van der Waals surface area (Å²) in [5.74, 6) is 1.19. The van der Waals surface area contributed by atoms with Gasteiger partial charge < -0.3 is 29.5 Å². The van der Waals surface area contributed by atoms with Crippen molar-refractivity contribution in [2.75, 3.05) is 70.5 Å². The minimum absolute atomic E-state index is 0.00141. The van der Waals surface area contributed by atoms with Crippen molar-refractivity contribution in [2.45, 2.75) is 118 Å². The number of fused-ring (bicyclic) bond motifs is 6. The molecular formula is C59H64F3N11O6. The number of halogens is 3. The molecule has 3 aromatic carbocycles. The third-order valence-electron chi connectivity index (χ3n) is 18.6. The summed E-state index contributed by atoms with van der Waals surface area (Å²) in [6.07, 6.45) is 15.0. The molecule has 7 fully saturated rings. The third kappa shape index (κ3) is 9.24. The van der Waals surface area contributed by atoms with Gasteiger partial charge in [-0.1, -0.05) is 36.3 Å². The SMILES string of the molecule is C#Cc1c(F)ccc2cccc(-c3ncc4c(N5C[C@H]6CC[C@@H](C5)N6)nc(OC[C@@]56CCCN5[C@H](COC(=O)N5CCC(F)(CN7CCC(c8ccc9c(c8)n(C)c(=O)n9C8CCC(=O)NC8=O)CC7)CC5)CC6)nc4c3F)c12. The number of imide groups is 1. The Morgan fingerprint density at radius 2 is 1.70 bits per heavy atom. The van der Waals surface area contributed by atoms with Crippen LogP contribution in [0.5, 0.6) is 6.01 Å². The average molecular weight is 1080 g/mol. The fourth-order valence-electron chi connectivity index (χ4n) is 14.4. The van der Waals surface area contributed by atoms with Crippen molar-refractivity contribution in [3.63, 3.8) is 0 Å². The van der Waals surface area contributed by atoms with Gasteiger partial charge in [-0.25, -0.2) is 22.8 Å². The van der Waals surface area contributed by atoms with Crippen molar-refractivity contribution >= 4 is 56.4 Å². The molecule has 3 aromatic heterocycles. The summed E-state index contributed by atoms with van der Waals surface area (Å²) in [7, 11) is 1.70. The summed E-state index contributed by atoms with van der Waals surface area (Å²) in [6, 6.07) is 14.0. The first-order valence-electron chi connectivity index (χ1n) is 28.1. The number of terminal acetylenes is 1. The van der Waals surface area contributed by atoms with Gasteiger partial charge in [-0.15, -0.1) is 6.42 Å². The van der Waals surface area contributed by atoms with Gasteiger partial charge in [0.2, 0.25) is 11.8 Å². The maximum Gasteiger partial charge on any atom is 0.409 e. The molecule has 0 radical (unpaired) electrons. The number of imidazole rings is 1. The molecule has 7 aliphatic rings. The summed E-state index contributed by atoms with van der Waals surface area (Å²) < 4.78 is 64.5. The number of anilines is 1. The zero-order valence-corrected chi connectivity index (χ0v) is 44.3. The molecule has 2 N–H and O–H groups in total. The highest BCUT2D eigenvalue weighted by Crippen LogP contribution is 2.44. The van der Waals surface area contributed by atoms with Gasteiger partial charge in [-0.2, -0.15) is 9.97 Å². The number of aromatic nitrogens is 5. The molecule has 1 unspecified atom stereocenters. The molecule has 3 amide bonds. The van der Waals surface area contributed by atoms with Crippen molar-refractivity contribution in [1.82, 2.24) is 49.4 Å². The highest BCUT2D eigenvalue weighted by Gasteiger charge is 2.51. The van der Waals surface area contributed by atoms with Crippen LogP contribution in [0.2, 0.25) is 0 Å². The molecule has 20 heteroatoms. The molecule has 5 atom stereocenters. The summed E-state index contributed by atoms with van der Waals surface area (Å²) >= 11 is 0. The number of hydrogen-bond acceptors (Lipinski definition) is 13. The van der Waals surface area contributed by atoms with Crippen LogP contribution in [-0.4, -0.2) is 152 Å². The van der Waals surface area contributed by atoms with E-state index in [-0.39, 0.29) is 116 Å². The molecular weight excluding hydrogens is 1020 g/mol. The molecule has 13 rings (SSSR count). The van der Waals surface area contributed by atoms with Crippen molar-refractivity contribution in [1.29, 1.82) is 0 Å². The van der Waals surface area contributed by atoms with Crippen LogP contribution in [0.15, 0.2) is 59.5 Å². The van der Waals surface area contributed by atoms with E-state index in [9.17, 15) is 19.2 Å². The van der Waals surface area contributed by atoms with Crippen LogP contribution in [0.25, 0.3) is 44.0 Å². The second-order valence-electron chi connectivity index (χ2n) is 23.2. The maximum absolute atomic E-state index is 17.2. The summed E-state index contributed by atoms with van der Waals surface area (Å²) in [5, 5.41) is 7.53. The van der Waals surface area contributed by atoms with E-state index in [1.807, 2.05) is 18.2 Å². The van der Waals surface area contributed by atoms with Crippen LogP contribution in [0.4, 0.5) is 23.8 Å². The van der Waals surface area contributed by atoms with Crippen molar-refractivity contribution in [3.8, 4) is 29.6 Å².